The van der Waals surface area contributed by atoms with Gasteiger partial charge in [-0.1, -0.05) is 96.8 Å². The van der Waals surface area contributed by atoms with Gasteiger partial charge in [0.2, 0.25) is 0 Å². The molecule has 0 aliphatic carbocycles. The molecule has 7 heteroatoms. The van der Waals surface area contributed by atoms with Gasteiger partial charge in [-0.3, -0.25) is 0 Å². The van der Waals surface area contributed by atoms with Crippen molar-refractivity contribution >= 4 is 0 Å². The number of unbranched alkanes of at least 4 members (excludes halogenated alkanes) is 14. The Bertz CT molecular complexity index is 437. The lowest BCUT2D eigenvalue weighted by Crippen LogP contribution is -2.57. The van der Waals surface area contributed by atoms with Crippen molar-refractivity contribution in [1.82, 2.24) is 0 Å². The average Bonchev–Trinajstić information content (AvgIpc) is 2.81. The average molecular weight is 477 g/mol. The summed E-state index contributed by atoms with van der Waals surface area (Å²) in [5.74, 6) is 0. The van der Waals surface area contributed by atoms with Gasteiger partial charge >= 0.3 is 0 Å². The summed E-state index contributed by atoms with van der Waals surface area (Å²) in [6.07, 6.45) is 13.4. The molecule has 4 N–H and O–H groups in total. The van der Waals surface area contributed by atoms with Crippen LogP contribution in [-0.4, -0.2) is 77.1 Å². The first-order chi connectivity index (χ1) is 16.0. The monoisotopic (exact) mass is 476 g/mol. The highest BCUT2D eigenvalue weighted by molar-refractivity contribution is 4.87. The molecule has 1 aliphatic rings. The fourth-order valence-electron chi connectivity index (χ4n) is 4.20. The lowest BCUT2D eigenvalue weighted by Gasteiger charge is -2.39. The van der Waals surface area contributed by atoms with E-state index in [1.165, 1.54) is 83.5 Å². The van der Waals surface area contributed by atoms with Crippen LogP contribution in [0.2, 0.25) is 0 Å². The third-order valence-electron chi connectivity index (χ3n) is 6.46. The van der Waals surface area contributed by atoms with E-state index in [1.807, 2.05) is 0 Å². The van der Waals surface area contributed by atoms with Crippen LogP contribution in [0.1, 0.15) is 110 Å². The first-order valence-electron chi connectivity index (χ1n) is 13.5. The summed E-state index contributed by atoms with van der Waals surface area (Å²) in [6.45, 7) is 4.55. The molecule has 0 spiro atoms. The number of hydrogen-bond acceptors (Lipinski definition) is 7. The smallest absolute Gasteiger partial charge is 0.186 e. The standard InChI is InChI=1S/C26H52O7/c1-3-4-5-6-7-8-9-10-11-12-13-14-15-16-17-18-31-19-22(27)20-32-26-25(30)24(29)23(28)21(2)33-26/h21-30H,3-20H2,1-2H3/t21-,22?,23+,24+,25-,26+/m0/s1. The van der Waals surface area contributed by atoms with Gasteiger partial charge in [0.15, 0.2) is 6.29 Å². The minimum absolute atomic E-state index is 0.0733. The van der Waals surface area contributed by atoms with Crippen molar-refractivity contribution in [2.24, 2.45) is 0 Å². The molecule has 1 aliphatic heterocycles. The molecule has 1 unspecified atom stereocenters. The molecule has 1 fully saturated rings. The largest absolute Gasteiger partial charge is 0.388 e. The molecular formula is C26H52O7. The Balaban J connectivity index is 1.84. The van der Waals surface area contributed by atoms with E-state index in [2.05, 4.69) is 6.92 Å². The Morgan fingerprint density at radius 1 is 0.667 bits per heavy atom. The normalized spacial score (nSPS) is 26.5. The highest BCUT2D eigenvalue weighted by Gasteiger charge is 2.42. The Morgan fingerprint density at radius 3 is 1.67 bits per heavy atom. The second-order valence-corrected chi connectivity index (χ2v) is 9.69. The summed E-state index contributed by atoms with van der Waals surface area (Å²) in [5.41, 5.74) is 0. The number of rotatable bonds is 21. The van der Waals surface area contributed by atoms with Crippen LogP contribution in [0, 0.1) is 0 Å². The van der Waals surface area contributed by atoms with E-state index in [0.717, 1.165) is 12.8 Å². The highest BCUT2D eigenvalue weighted by Crippen LogP contribution is 2.22. The topological polar surface area (TPSA) is 109 Å². The Kier molecular flexibility index (Phi) is 18.6. The zero-order valence-electron chi connectivity index (χ0n) is 21.2. The zero-order valence-corrected chi connectivity index (χ0v) is 21.2. The summed E-state index contributed by atoms with van der Waals surface area (Å²) < 4.78 is 16.2. The predicted molar refractivity (Wildman–Crippen MR) is 130 cm³/mol. The predicted octanol–water partition coefficient (Wildman–Crippen LogP) is 4.08. The third kappa shape index (κ3) is 14.7. The molecule has 0 radical (unpaired) electrons. The lowest BCUT2D eigenvalue weighted by molar-refractivity contribution is -0.297. The van der Waals surface area contributed by atoms with E-state index in [4.69, 9.17) is 14.2 Å². The number of aliphatic hydroxyl groups excluding tert-OH is 4. The molecule has 33 heavy (non-hydrogen) atoms. The van der Waals surface area contributed by atoms with E-state index in [0.29, 0.717) is 6.61 Å². The van der Waals surface area contributed by atoms with Crippen LogP contribution in [0.15, 0.2) is 0 Å². The van der Waals surface area contributed by atoms with E-state index in [1.54, 1.807) is 6.92 Å². The van der Waals surface area contributed by atoms with E-state index in [9.17, 15) is 20.4 Å². The number of aliphatic hydroxyl groups is 4. The van der Waals surface area contributed by atoms with Crippen molar-refractivity contribution in [3.05, 3.63) is 0 Å². The molecule has 0 aromatic rings. The molecule has 0 bridgehead atoms. The van der Waals surface area contributed by atoms with Crippen LogP contribution < -0.4 is 0 Å². The van der Waals surface area contributed by atoms with E-state index < -0.39 is 36.8 Å². The van der Waals surface area contributed by atoms with Gasteiger partial charge in [-0.25, -0.2) is 0 Å². The van der Waals surface area contributed by atoms with E-state index >= 15 is 0 Å². The van der Waals surface area contributed by atoms with Gasteiger partial charge in [-0.15, -0.1) is 0 Å². The second kappa shape index (κ2) is 20.0. The minimum atomic E-state index is -1.36. The van der Waals surface area contributed by atoms with Gasteiger partial charge in [0.1, 0.15) is 24.4 Å². The molecule has 6 atom stereocenters. The number of hydrogen-bond donors (Lipinski definition) is 4. The van der Waals surface area contributed by atoms with Gasteiger partial charge in [0, 0.05) is 6.61 Å². The zero-order chi connectivity index (χ0) is 24.3. The molecular weight excluding hydrogens is 424 g/mol. The van der Waals surface area contributed by atoms with E-state index in [-0.39, 0.29) is 13.2 Å². The van der Waals surface area contributed by atoms with Crippen molar-refractivity contribution in [3.8, 4) is 0 Å². The maximum Gasteiger partial charge on any atom is 0.186 e. The van der Waals surface area contributed by atoms with Crippen molar-refractivity contribution in [1.29, 1.82) is 0 Å². The van der Waals surface area contributed by atoms with Crippen LogP contribution in [0.4, 0.5) is 0 Å². The maximum atomic E-state index is 9.98. The van der Waals surface area contributed by atoms with Crippen molar-refractivity contribution in [2.45, 2.75) is 147 Å². The van der Waals surface area contributed by atoms with Crippen molar-refractivity contribution in [3.63, 3.8) is 0 Å². The van der Waals surface area contributed by atoms with Gasteiger partial charge in [0.05, 0.1) is 19.3 Å². The molecule has 7 nitrogen and oxygen atoms in total. The molecule has 1 heterocycles. The molecule has 198 valence electrons. The molecule has 0 aromatic heterocycles. The SMILES string of the molecule is CCCCCCCCCCCCCCCCCOCC(O)CO[C@@H]1O[C@@H](C)[C@@H](O)[C@@H](O)[C@@H]1O. The van der Waals surface area contributed by atoms with Crippen molar-refractivity contribution < 1.29 is 34.6 Å². The Hall–Kier alpha value is -0.280. The maximum absolute atomic E-state index is 9.98. The summed E-state index contributed by atoms with van der Waals surface area (Å²) >= 11 is 0. The fraction of sp³-hybridized carbons (Fsp3) is 1.00. The van der Waals surface area contributed by atoms with Crippen molar-refractivity contribution in [2.75, 3.05) is 19.8 Å². The minimum Gasteiger partial charge on any atom is -0.388 e. The summed E-state index contributed by atoms with van der Waals surface area (Å²) in [7, 11) is 0. The fourth-order valence-corrected chi connectivity index (χ4v) is 4.20. The molecule has 1 rings (SSSR count). The highest BCUT2D eigenvalue weighted by atomic mass is 16.7. The quantitative estimate of drug-likeness (QED) is 0.185. The molecule has 1 saturated heterocycles. The number of ether oxygens (including phenoxy) is 3. The molecule has 0 aromatic carbocycles. The Morgan fingerprint density at radius 2 is 1.15 bits per heavy atom. The van der Waals surface area contributed by atoms with Gasteiger partial charge < -0.3 is 34.6 Å². The first kappa shape index (κ1) is 30.8. The van der Waals surface area contributed by atoms with Crippen LogP contribution in [-0.2, 0) is 14.2 Å². The summed E-state index contributed by atoms with van der Waals surface area (Å²) in [4.78, 5) is 0. The van der Waals surface area contributed by atoms with Crippen LogP contribution in [0.5, 0.6) is 0 Å². The summed E-state index contributed by atoms with van der Waals surface area (Å²) in [6, 6.07) is 0. The van der Waals surface area contributed by atoms with Gasteiger partial charge in [-0.05, 0) is 13.3 Å². The van der Waals surface area contributed by atoms with Crippen LogP contribution in [0.3, 0.4) is 0 Å². The first-order valence-corrected chi connectivity index (χ1v) is 13.5. The van der Waals surface area contributed by atoms with Gasteiger partial charge in [-0.2, -0.15) is 0 Å². The lowest BCUT2D eigenvalue weighted by atomic mass is 10.0. The van der Waals surface area contributed by atoms with Crippen LogP contribution in [0.25, 0.3) is 0 Å². The molecule has 0 amide bonds. The molecule has 0 saturated carbocycles. The Labute approximate surface area is 201 Å². The second-order valence-electron chi connectivity index (χ2n) is 9.69. The summed E-state index contributed by atoms with van der Waals surface area (Å²) in [5, 5.41) is 39.3. The third-order valence-corrected chi connectivity index (χ3v) is 6.46. The van der Waals surface area contributed by atoms with Gasteiger partial charge in [0.25, 0.3) is 0 Å². The van der Waals surface area contributed by atoms with Crippen LogP contribution >= 0.6 is 0 Å².